The Morgan fingerprint density at radius 1 is 1.53 bits per heavy atom. The van der Waals surface area contributed by atoms with Gasteiger partial charge in [-0.25, -0.2) is 9.31 Å². The highest BCUT2D eigenvalue weighted by Crippen LogP contribution is 2.11. The molecule has 0 amide bonds. The van der Waals surface area contributed by atoms with Gasteiger partial charge in [0.25, 0.3) is 5.56 Å². The molecule has 0 saturated heterocycles. The van der Waals surface area contributed by atoms with Crippen molar-refractivity contribution in [2.75, 3.05) is 6.61 Å². The minimum absolute atomic E-state index is 0.147. The van der Waals surface area contributed by atoms with Gasteiger partial charge in [-0.05, 0) is 13.0 Å². The number of ether oxygens (including phenoxy) is 1. The van der Waals surface area contributed by atoms with Crippen molar-refractivity contribution in [1.29, 1.82) is 0 Å². The van der Waals surface area contributed by atoms with Crippen molar-refractivity contribution in [1.82, 2.24) is 19.6 Å². The summed E-state index contributed by atoms with van der Waals surface area (Å²) in [6.07, 6.45) is 3.05. The van der Waals surface area contributed by atoms with Crippen molar-refractivity contribution >= 4 is 22.5 Å². The van der Waals surface area contributed by atoms with Crippen LogP contribution in [-0.2, 0) is 4.74 Å². The summed E-state index contributed by atoms with van der Waals surface area (Å²) in [6.45, 7) is 1.99. The van der Waals surface area contributed by atoms with Crippen LogP contribution in [0.2, 0.25) is 0 Å². The lowest BCUT2D eigenvalue weighted by atomic mass is 10.3. The van der Waals surface area contributed by atoms with Gasteiger partial charge in [-0.3, -0.25) is 9.78 Å². The molecule has 0 bridgehead atoms. The maximum absolute atomic E-state index is 11.9. The molecule has 3 aromatic rings. The highest BCUT2D eigenvalue weighted by Gasteiger charge is 2.14. The van der Waals surface area contributed by atoms with E-state index in [9.17, 15) is 9.59 Å². The van der Waals surface area contributed by atoms with E-state index in [1.807, 2.05) is 0 Å². The van der Waals surface area contributed by atoms with Gasteiger partial charge in [0.15, 0.2) is 5.69 Å². The molecule has 0 saturated carbocycles. The standard InChI is InChI=1S/C12H10N4O3/c1-2-19-12(18)8-5-10-14-11(17)7-3-4-13-6-9(7)16(10)15-8/h3-6H,2H2,1H3,(H,14,17). The van der Waals surface area contributed by atoms with Crippen LogP contribution in [0.1, 0.15) is 17.4 Å². The largest absolute Gasteiger partial charge is 0.461 e. The molecule has 0 atom stereocenters. The number of carbonyl (C=O) groups is 1. The second kappa shape index (κ2) is 4.20. The number of nitrogens with zero attached hydrogens (tertiary/aromatic N) is 3. The van der Waals surface area contributed by atoms with Gasteiger partial charge in [0.2, 0.25) is 0 Å². The molecule has 0 aliphatic carbocycles. The fraction of sp³-hybridized carbons (Fsp3) is 0.167. The molecule has 0 unspecified atom stereocenters. The van der Waals surface area contributed by atoms with E-state index in [-0.39, 0.29) is 17.9 Å². The second-order valence-electron chi connectivity index (χ2n) is 3.89. The smallest absolute Gasteiger partial charge is 0.358 e. The summed E-state index contributed by atoms with van der Waals surface area (Å²) in [7, 11) is 0. The summed E-state index contributed by atoms with van der Waals surface area (Å²) in [5.74, 6) is -0.524. The lowest BCUT2D eigenvalue weighted by Crippen LogP contribution is -2.10. The van der Waals surface area contributed by atoms with Crippen molar-refractivity contribution in [2.24, 2.45) is 0 Å². The molecule has 3 aromatic heterocycles. The third-order valence-electron chi connectivity index (χ3n) is 2.71. The molecule has 0 aliphatic rings. The van der Waals surface area contributed by atoms with E-state index in [4.69, 9.17) is 4.74 Å². The maximum atomic E-state index is 11.9. The normalized spacial score (nSPS) is 11.0. The van der Waals surface area contributed by atoms with Crippen LogP contribution in [0, 0.1) is 0 Å². The Labute approximate surface area is 106 Å². The Kier molecular flexibility index (Phi) is 2.52. The average Bonchev–Trinajstić information content (AvgIpc) is 2.83. The molecule has 7 nitrogen and oxygen atoms in total. The number of H-pyrrole nitrogens is 1. The third kappa shape index (κ3) is 1.75. The summed E-state index contributed by atoms with van der Waals surface area (Å²) < 4.78 is 6.35. The van der Waals surface area contributed by atoms with Crippen LogP contribution in [0.4, 0.5) is 0 Å². The molecular formula is C12H10N4O3. The van der Waals surface area contributed by atoms with Crippen LogP contribution < -0.4 is 5.56 Å². The summed E-state index contributed by atoms with van der Waals surface area (Å²) >= 11 is 0. The number of rotatable bonds is 2. The number of hydrogen-bond acceptors (Lipinski definition) is 5. The van der Waals surface area contributed by atoms with Crippen LogP contribution in [0.15, 0.2) is 29.3 Å². The van der Waals surface area contributed by atoms with Gasteiger partial charge in [0.1, 0.15) is 5.65 Å². The van der Waals surface area contributed by atoms with Crippen LogP contribution in [0.25, 0.3) is 16.6 Å². The average molecular weight is 258 g/mol. The predicted molar refractivity (Wildman–Crippen MR) is 67.1 cm³/mol. The van der Waals surface area contributed by atoms with Crippen molar-refractivity contribution in [3.8, 4) is 0 Å². The van der Waals surface area contributed by atoms with E-state index in [1.165, 1.54) is 23.0 Å². The first kappa shape index (κ1) is 11.4. The molecule has 19 heavy (non-hydrogen) atoms. The number of carbonyl (C=O) groups excluding carboxylic acids is 1. The molecule has 0 fully saturated rings. The molecule has 0 aromatic carbocycles. The van der Waals surface area contributed by atoms with Crippen molar-refractivity contribution in [3.05, 3.63) is 40.6 Å². The van der Waals surface area contributed by atoms with Crippen LogP contribution in [0.5, 0.6) is 0 Å². The van der Waals surface area contributed by atoms with Crippen molar-refractivity contribution in [3.63, 3.8) is 0 Å². The van der Waals surface area contributed by atoms with Gasteiger partial charge in [-0.1, -0.05) is 0 Å². The van der Waals surface area contributed by atoms with E-state index in [1.54, 1.807) is 13.0 Å². The van der Waals surface area contributed by atoms with Gasteiger partial charge < -0.3 is 9.72 Å². The molecule has 3 heterocycles. The number of aromatic amines is 1. The maximum Gasteiger partial charge on any atom is 0.358 e. The first-order valence-corrected chi connectivity index (χ1v) is 5.73. The van der Waals surface area contributed by atoms with E-state index in [2.05, 4.69) is 15.1 Å². The van der Waals surface area contributed by atoms with E-state index in [0.717, 1.165) is 0 Å². The Morgan fingerprint density at radius 3 is 3.16 bits per heavy atom. The molecule has 0 aliphatic heterocycles. The minimum Gasteiger partial charge on any atom is -0.461 e. The lowest BCUT2D eigenvalue weighted by molar-refractivity contribution is 0.0519. The second-order valence-corrected chi connectivity index (χ2v) is 3.89. The number of hydrogen-bond donors (Lipinski definition) is 1. The Morgan fingerprint density at radius 2 is 2.37 bits per heavy atom. The fourth-order valence-electron chi connectivity index (χ4n) is 1.89. The topological polar surface area (TPSA) is 89.4 Å². The number of pyridine rings is 1. The van der Waals surface area contributed by atoms with Crippen LogP contribution in [-0.4, -0.2) is 32.2 Å². The van der Waals surface area contributed by atoms with Crippen LogP contribution >= 0.6 is 0 Å². The zero-order valence-corrected chi connectivity index (χ0v) is 10.1. The molecule has 7 heteroatoms. The van der Waals surface area contributed by atoms with Crippen LogP contribution in [0.3, 0.4) is 0 Å². The van der Waals surface area contributed by atoms with Gasteiger partial charge in [0.05, 0.1) is 23.7 Å². The first-order chi connectivity index (χ1) is 9.20. The van der Waals surface area contributed by atoms with E-state index in [0.29, 0.717) is 16.6 Å². The number of aromatic nitrogens is 4. The van der Waals surface area contributed by atoms with E-state index >= 15 is 0 Å². The third-order valence-corrected chi connectivity index (χ3v) is 2.71. The van der Waals surface area contributed by atoms with Gasteiger partial charge in [-0.2, -0.15) is 5.10 Å². The number of fused-ring (bicyclic) bond motifs is 3. The van der Waals surface area contributed by atoms with Crippen molar-refractivity contribution < 1.29 is 9.53 Å². The molecule has 1 N–H and O–H groups in total. The predicted octanol–water partition coefficient (Wildman–Crippen LogP) is 0.747. The monoisotopic (exact) mass is 258 g/mol. The SMILES string of the molecule is CCOC(=O)c1cc2[nH]c(=O)c3ccncc3n2n1. The molecule has 96 valence electrons. The first-order valence-electron chi connectivity index (χ1n) is 5.73. The molecular weight excluding hydrogens is 248 g/mol. The number of esters is 1. The van der Waals surface area contributed by atoms with Gasteiger partial charge >= 0.3 is 5.97 Å². The van der Waals surface area contributed by atoms with Gasteiger partial charge in [0, 0.05) is 12.3 Å². The molecule has 0 spiro atoms. The summed E-state index contributed by atoms with van der Waals surface area (Å²) in [4.78, 5) is 30.1. The van der Waals surface area contributed by atoms with E-state index < -0.39 is 5.97 Å². The lowest BCUT2D eigenvalue weighted by Gasteiger charge is -1.99. The Bertz CT molecular complexity index is 834. The Hall–Kier alpha value is -2.70. The molecule has 3 rings (SSSR count). The Balaban J connectivity index is 2.31. The summed E-state index contributed by atoms with van der Waals surface area (Å²) in [5, 5.41) is 4.59. The highest BCUT2D eigenvalue weighted by atomic mass is 16.5. The zero-order valence-electron chi connectivity index (χ0n) is 10.1. The molecule has 0 radical (unpaired) electrons. The minimum atomic E-state index is -0.524. The summed E-state index contributed by atoms with van der Waals surface area (Å²) in [6, 6.07) is 3.07. The van der Waals surface area contributed by atoms with Gasteiger partial charge in [-0.15, -0.1) is 0 Å². The zero-order chi connectivity index (χ0) is 13.4. The fourth-order valence-corrected chi connectivity index (χ4v) is 1.89. The quantitative estimate of drug-likeness (QED) is 0.685. The van der Waals surface area contributed by atoms with Crippen molar-refractivity contribution in [2.45, 2.75) is 6.92 Å². The number of nitrogens with one attached hydrogen (secondary N) is 1. The summed E-state index contributed by atoms with van der Waals surface area (Å²) in [5.41, 5.74) is 0.861. The highest BCUT2D eigenvalue weighted by molar-refractivity contribution is 5.89.